The van der Waals surface area contributed by atoms with Crippen molar-refractivity contribution in [1.29, 1.82) is 0 Å². The van der Waals surface area contributed by atoms with E-state index in [0.29, 0.717) is 6.61 Å². The third kappa shape index (κ3) is 3.45. The van der Waals surface area contributed by atoms with E-state index in [1.807, 2.05) is 12.4 Å². The van der Waals surface area contributed by atoms with Gasteiger partial charge in [-0.15, -0.1) is 0 Å². The molecule has 0 amide bonds. The standard InChI is InChI=1S/C17H25N3O/c1-5-14-8-7-9-15(6-2)16(14)19-17-18-10-11-20(17)13(3)12-21-4/h7-11,13H,5-6,12H2,1-4H3,(H,18,19). The lowest BCUT2D eigenvalue weighted by Gasteiger charge is -2.19. The molecule has 114 valence electrons. The van der Waals surface area contributed by atoms with Gasteiger partial charge in [0.2, 0.25) is 5.95 Å². The second-order valence-electron chi connectivity index (χ2n) is 5.25. The molecule has 0 saturated carbocycles. The first kappa shape index (κ1) is 15.6. The summed E-state index contributed by atoms with van der Waals surface area (Å²) in [4.78, 5) is 4.46. The lowest BCUT2D eigenvalue weighted by atomic mass is 10.0. The molecule has 4 heteroatoms. The van der Waals surface area contributed by atoms with E-state index in [1.54, 1.807) is 7.11 Å². The van der Waals surface area contributed by atoms with Crippen LogP contribution in [0.2, 0.25) is 0 Å². The van der Waals surface area contributed by atoms with Crippen LogP contribution in [0, 0.1) is 0 Å². The quantitative estimate of drug-likeness (QED) is 0.838. The molecule has 2 aromatic rings. The molecule has 1 atom stereocenters. The number of nitrogens with zero attached hydrogens (tertiary/aromatic N) is 2. The largest absolute Gasteiger partial charge is 0.383 e. The Balaban J connectivity index is 2.33. The lowest BCUT2D eigenvalue weighted by Crippen LogP contribution is -2.13. The molecule has 1 aromatic heterocycles. The zero-order valence-corrected chi connectivity index (χ0v) is 13.4. The molecule has 0 fully saturated rings. The van der Waals surface area contributed by atoms with Crippen LogP contribution in [0.1, 0.15) is 37.9 Å². The number of ether oxygens (including phenoxy) is 1. The predicted molar refractivity (Wildman–Crippen MR) is 87.3 cm³/mol. The topological polar surface area (TPSA) is 39.1 Å². The fourth-order valence-corrected chi connectivity index (χ4v) is 2.60. The number of methoxy groups -OCH3 is 1. The number of anilines is 2. The highest BCUT2D eigenvalue weighted by atomic mass is 16.5. The molecule has 1 heterocycles. The van der Waals surface area contributed by atoms with Gasteiger partial charge in [0.25, 0.3) is 0 Å². The van der Waals surface area contributed by atoms with E-state index < -0.39 is 0 Å². The van der Waals surface area contributed by atoms with Crippen molar-refractivity contribution < 1.29 is 4.74 Å². The van der Waals surface area contributed by atoms with Crippen molar-refractivity contribution in [3.63, 3.8) is 0 Å². The Bertz CT molecular complexity index is 555. The molecule has 21 heavy (non-hydrogen) atoms. The monoisotopic (exact) mass is 287 g/mol. The van der Waals surface area contributed by atoms with Crippen LogP contribution in [0.15, 0.2) is 30.6 Å². The zero-order chi connectivity index (χ0) is 15.2. The molecule has 0 spiro atoms. The van der Waals surface area contributed by atoms with E-state index in [0.717, 1.165) is 18.8 Å². The second-order valence-corrected chi connectivity index (χ2v) is 5.25. The van der Waals surface area contributed by atoms with Gasteiger partial charge in [-0.05, 0) is 30.9 Å². The fraction of sp³-hybridized carbons (Fsp3) is 0.471. The van der Waals surface area contributed by atoms with Gasteiger partial charge in [-0.1, -0.05) is 32.0 Å². The fourth-order valence-electron chi connectivity index (χ4n) is 2.60. The number of para-hydroxylation sites is 1. The molecule has 1 unspecified atom stereocenters. The van der Waals surface area contributed by atoms with Gasteiger partial charge >= 0.3 is 0 Å². The molecule has 0 saturated heterocycles. The van der Waals surface area contributed by atoms with Crippen molar-refractivity contribution in [1.82, 2.24) is 9.55 Å². The Labute approximate surface area is 127 Å². The van der Waals surface area contributed by atoms with Crippen molar-refractivity contribution in [3.05, 3.63) is 41.7 Å². The van der Waals surface area contributed by atoms with Gasteiger partial charge in [0.15, 0.2) is 0 Å². The highest BCUT2D eigenvalue weighted by molar-refractivity contribution is 5.64. The molecule has 0 aliphatic carbocycles. The number of aryl methyl sites for hydroxylation is 2. The Morgan fingerprint density at radius 2 is 1.90 bits per heavy atom. The van der Waals surface area contributed by atoms with Crippen molar-refractivity contribution in [2.24, 2.45) is 0 Å². The van der Waals surface area contributed by atoms with Gasteiger partial charge in [0.1, 0.15) is 0 Å². The molecular formula is C17H25N3O. The summed E-state index contributed by atoms with van der Waals surface area (Å²) < 4.78 is 7.37. The maximum atomic E-state index is 5.25. The number of rotatable bonds is 7. The first-order valence-corrected chi connectivity index (χ1v) is 7.60. The summed E-state index contributed by atoms with van der Waals surface area (Å²) >= 11 is 0. The minimum atomic E-state index is 0.249. The molecule has 0 aliphatic rings. The van der Waals surface area contributed by atoms with Crippen LogP contribution in [0.4, 0.5) is 11.6 Å². The van der Waals surface area contributed by atoms with Crippen LogP contribution in [-0.4, -0.2) is 23.3 Å². The second kappa shape index (κ2) is 7.27. The minimum absolute atomic E-state index is 0.249. The molecule has 0 aliphatic heterocycles. The predicted octanol–water partition coefficient (Wildman–Crippen LogP) is 3.96. The first-order chi connectivity index (χ1) is 10.2. The number of hydrogen-bond donors (Lipinski definition) is 1. The number of benzene rings is 1. The first-order valence-electron chi connectivity index (χ1n) is 7.60. The maximum Gasteiger partial charge on any atom is 0.207 e. The summed E-state index contributed by atoms with van der Waals surface area (Å²) in [7, 11) is 1.72. The van der Waals surface area contributed by atoms with Gasteiger partial charge in [-0.25, -0.2) is 4.98 Å². The van der Waals surface area contributed by atoms with Crippen molar-refractivity contribution in [2.45, 2.75) is 39.7 Å². The number of hydrogen-bond acceptors (Lipinski definition) is 3. The summed E-state index contributed by atoms with van der Waals surface area (Å²) in [5, 5.41) is 3.53. The van der Waals surface area contributed by atoms with E-state index in [2.05, 4.69) is 53.8 Å². The Morgan fingerprint density at radius 3 is 2.48 bits per heavy atom. The Morgan fingerprint density at radius 1 is 1.24 bits per heavy atom. The van der Waals surface area contributed by atoms with Crippen LogP contribution in [0.5, 0.6) is 0 Å². The number of nitrogens with one attached hydrogen (secondary N) is 1. The van der Waals surface area contributed by atoms with E-state index in [-0.39, 0.29) is 6.04 Å². The minimum Gasteiger partial charge on any atom is -0.383 e. The average molecular weight is 287 g/mol. The lowest BCUT2D eigenvalue weighted by molar-refractivity contribution is 0.163. The third-order valence-corrected chi connectivity index (χ3v) is 3.79. The summed E-state index contributed by atoms with van der Waals surface area (Å²) in [6.45, 7) is 7.16. The molecule has 1 N–H and O–H groups in total. The van der Waals surface area contributed by atoms with Gasteiger partial charge in [-0.2, -0.15) is 0 Å². The van der Waals surface area contributed by atoms with Crippen LogP contribution < -0.4 is 5.32 Å². The van der Waals surface area contributed by atoms with E-state index in [4.69, 9.17) is 4.74 Å². The number of aromatic nitrogens is 2. The van der Waals surface area contributed by atoms with Crippen LogP contribution in [0.3, 0.4) is 0 Å². The van der Waals surface area contributed by atoms with Crippen molar-refractivity contribution in [3.8, 4) is 0 Å². The summed E-state index contributed by atoms with van der Waals surface area (Å²) in [6.07, 6.45) is 5.83. The number of imidazole rings is 1. The van der Waals surface area contributed by atoms with E-state index >= 15 is 0 Å². The molecule has 4 nitrogen and oxygen atoms in total. The van der Waals surface area contributed by atoms with Gasteiger partial charge < -0.3 is 14.6 Å². The summed E-state index contributed by atoms with van der Waals surface area (Å²) in [5.41, 5.74) is 3.84. The maximum absolute atomic E-state index is 5.25. The van der Waals surface area contributed by atoms with Crippen LogP contribution >= 0.6 is 0 Å². The molecule has 1 aromatic carbocycles. The highest BCUT2D eigenvalue weighted by Gasteiger charge is 2.13. The zero-order valence-electron chi connectivity index (χ0n) is 13.4. The van der Waals surface area contributed by atoms with Gasteiger partial charge in [-0.3, -0.25) is 0 Å². The molecule has 2 rings (SSSR count). The van der Waals surface area contributed by atoms with Gasteiger partial charge in [0.05, 0.1) is 12.6 Å². The van der Waals surface area contributed by atoms with Gasteiger partial charge in [0, 0.05) is 25.2 Å². The van der Waals surface area contributed by atoms with Crippen LogP contribution in [-0.2, 0) is 17.6 Å². The SMILES string of the molecule is CCc1cccc(CC)c1Nc1nccn1C(C)COC. The highest BCUT2D eigenvalue weighted by Crippen LogP contribution is 2.27. The normalized spacial score (nSPS) is 12.4. The molecule has 0 bridgehead atoms. The Kier molecular flexibility index (Phi) is 5.39. The van der Waals surface area contributed by atoms with Crippen LogP contribution in [0.25, 0.3) is 0 Å². The third-order valence-electron chi connectivity index (χ3n) is 3.79. The average Bonchev–Trinajstić information content (AvgIpc) is 2.96. The summed E-state index contributed by atoms with van der Waals surface area (Å²) in [6, 6.07) is 6.72. The van der Waals surface area contributed by atoms with Crippen molar-refractivity contribution >= 4 is 11.6 Å². The smallest absolute Gasteiger partial charge is 0.207 e. The van der Waals surface area contributed by atoms with Crippen molar-refractivity contribution in [2.75, 3.05) is 19.0 Å². The van der Waals surface area contributed by atoms with E-state index in [9.17, 15) is 0 Å². The Hall–Kier alpha value is -1.81. The molecule has 0 radical (unpaired) electrons. The molecular weight excluding hydrogens is 262 g/mol. The van der Waals surface area contributed by atoms with E-state index in [1.165, 1.54) is 16.8 Å². The summed E-state index contributed by atoms with van der Waals surface area (Å²) in [5.74, 6) is 0.871.